The molecule has 0 saturated carbocycles. The molecule has 0 aromatic carbocycles. The Hall–Kier alpha value is -0.0900. The zero-order valence-electron chi connectivity index (χ0n) is 9.58. The number of sulfone groups is 1. The first kappa shape index (κ1) is 13.9. The van der Waals surface area contributed by atoms with E-state index in [1.807, 2.05) is 6.92 Å². The Labute approximate surface area is 87.4 Å². The molecule has 4 heteroatoms. The van der Waals surface area contributed by atoms with Gasteiger partial charge < -0.3 is 5.11 Å². The van der Waals surface area contributed by atoms with Gasteiger partial charge in [0.15, 0.2) is 9.84 Å². The van der Waals surface area contributed by atoms with E-state index in [9.17, 15) is 8.42 Å². The van der Waals surface area contributed by atoms with Crippen LogP contribution in [-0.4, -0.2) is 30.6 Å². The van der Waals surface area contributed by atoms with Crippen LogP contribution in [0.15, 0.2) is 0 Å². The number of hydrogen-bond donors (Lipinski definition) is 1. The lowest BCUT2D eigenvalue weighted by molar-refractivity contribution is 0.219. The van der Waals surface area contributed by atoms with Gasteiger partial charge in [0.1, 0.15) is 0 Å². The van der Waals surface area contributed by atoms with Crippen LogP contribution in [0.2, 0.25) is 0 Å². The molecule has 0 aliphatic rings. The number of aliphatic hydroxyl groups excluding tert-OH is 1. The second kappa shape index (κ2) is 5.12. The van der Waals surface area contributed by atoms with E-state index in [4.69, 9.17) is 5.11 Å². The molecule has 0 aliphatic heterocycles. The van der Waals surface area contributed by atoms with Crippen molar-refractivity contribution in [2.45, 2.75) is 45.3 Å². The van der Waals surface area contributed by atoms with E-state index in [0.29, 0.717) is 6.42 Å². The molecule has 0 aromatic heterocycles. The third-order valence-corrected chi connectivity index (χ3v) is 5.20. The monoisotopic (exact) mass is 222 g/mol. The van der Waals surface area contributed by atoms with Gasteiger partial charge in [0.2, 0.25) is 0 Å². The quantitative estimate of drug-likeness (QED) is 0.769. The molecule has 3 nitrogen and oxygen atoms in total. The molecule has 0 heterocycles. The maximum Gasteiger partial charge on any atom is 0.155 e. The Morgan fingerprint density at radius 1 is 1.29 bits per heavy atom. The zero-order chi connectivity index (χ0) is 11.4. The van der Waals surface area contributed by atoms with Crippen molar-refractivity contribution in [3.8, 4) is 0 Å². The highest BCUT2D eigenvalue weighted by Gasteiger charge is 2.28. The molecule has 0 bridgehead atoms. The number of aliphatic hydroxyl groups is 1. The van der Waals surface area contributed by atoms with Gasteiger partial charge in [-0.05, 0) is 33.1 Å². The average Bonchev–Trinajstić information content (AvgIpc) is 2.04. The molecule has 14 heavy (non-hydrogen) atoms. The molecule has 0 saturated heterocycles. The average molecular weight is 222 g/mol. The van der Waals surface area contributed by atoms with Crippen molar-refractivity contribution < 1.29 is 13.5 Å². The molecule has 0 radical (unpaired) electrons. The molecule has 86 valence electrons. The predicted molar refractivity (Wildman–Crippen MR) is 59.0 cm³/mol. The summed E-state index contributed by atoms with van der Waals surface area (Å²) in [6.07, 6.45) is 1.39. The highest BCUT2D eigenvalue weighted by atomic mass is 32.2. The lowest BCUT2D eigenvalue weighted by atomic mass is 10.1. The Kier molecular flexibility index (Phi) is 5.09. The van der Waals surface area contributed by atoms with Gasteiger partial charge in [-0.1, -0.05) is 13.3 Å². The molecule has 0 amide bonds. The van der Waals surface area contributed by atoms with E-state index >= 15 is 0 Å². The molecule has 1 unspecified atom stereocenters. The first-order valence-electron chi connectivity index (χ1n) is 5.07. The summed E-state index contributed by atoms with van der Waals surface area (Å²) in [5.41, 5.74) is 0. The van der Waals surface area contributed by atoms with Crippen molar-refractivity contribution in [3.05, 3.63) is 0 Å². The highest BCUT2D eigenvalue weighted by Crippen LogP contribution is 2.19. The van der Waals surface area contributed by atoms with E-state index in [1.54, 1.807) is 20.8 Å². The summed E-state index contributed by atoms with van der Waals surface area (Å²) in [4.78, 5) is 0. The van der Waals surface area contributed by atoms with Gasteiger partial charge in [0.25, 0.3) is 0 Å². The maximum absolute atomic E-state index is 11.7. The fraction of sp³-hybridized carbons (Fsp3) is 1.00. The number of rotatable bonds is 5. The Morgan fingerprint density at radius 2 is 1.79 bits per heavy atom. The van der Waals surface area contributed by atoms with Crippen molar-refractivity contribution in [1.82, 2.24) is 0 Å². The molecule has 0 spiro atoms. The molecule has 0 fully saturated rings. The second-order valence-corrected chi connectivity index (χ2v) is 7.54. The van der Waals surface area contributed by atoms with E-state index < -0.39 is 14.6 Å². The van der Waals surface area contributed by atoms with Crippen LogP contribution in [-0.2, 0) is 9.84 Å². The third-order valence-electron chi connectivity index (χ3n) is 2.56. The van der Waals surface area contributed by atoms with Crippen molar-refractivity contribution >= 4 is 9.84 Å². The summed E-state index contributed by atoms with van der Waals surface area (Å²) in [7, 11) is -3.02. The zero-order valence-corrected chi connectivity index (χ0v) is 10.4. The minimum atomic E-state index is -3.02. The van der Waals surface area contributed by atoms with Crippen LogP contribution in [0.4, 0.5) is 0 Å². The van der Waals surface area contributed by atoms with Gasteiger partial charge in [0.05, 0.1) is 10.5 Å². The van der Waals surface area contributed by atoms with Crippen LogP contribution in [0.5, 0.6) is 0 Å². The summed E-state index contributed by atoms with van der Waals surface area (Å²) >= 11 is 0. The predicted octanol–water partition coefficient (Wildman–Crippen LogP) is 1.61. The lowest BCUT2D eigenvalue weighted by Crippen LogP contribution is -2.31. The maximum atomic E-state index is 11.7. The summed E-state index contributed by atoms with van der Waals surface area (Å²) in [6.45, 7) is 7.17. The Balaban J connectivity index is 4.27. The first-order valence-corrected chi connectivity index (χ1v) is 6.73. The van der Waals surface area contributed by atoms with Crippen LogP contribution in [0, 0.1) is 5.92 Å². The van der Waals surface area contributed by atoms with Crippen LogP contribution in [0.1, 0.15) is 40.5 Å². The van der Waals surface area contributed by atoms with Crippen LogP contribution < -0.4 is 0 Å². The summed E-state index contributed by atoms with van der Waals surface area (Å²) in [5, 5.41) is 8.93. The largest absolute Gasteiger partial charge is 0.396 e. The minimum Gasteiger partial charge on any atom is -0.396 e. The van der Waals surface area contributed by atoms with E-state index in [1.165, 1.54) is 0 Å². The first-order chi connectivity index (χ1) is 6.24. The van der Waals surface area contributed by atoms with Gasteiger partial charge >= 0.3 is 0 Å². The van der Waals surface area contributed by atoms with Gasteiger partial charge in [0, 0.05) is 6.61 Å². The standard InChI is InChI=1S/C10H22O3S/c1-5-9(8-11)6-7-14(12,13)10(2,3)4/h9,11H,5-8H2,1-4H3. The molecular weight excluding hydrogens is 200 g/mol. The second-order valence-electron chi connectivity index (χ2n) is 4.68. The topological polar surface area (TPSA) is 54.4 Å². The van der Waals surface area contributed by atoms with E-state index in [2.05, 4.69) is 0 Å². The van der Waals surface area contributed by atoms with Crippen LogP contribution in [0.25, 0.3) is 0 Å². The SMILES string of the molecule is CCC(CO)CCS(=O)(=O)C(C)(C)C. The van der Waals surface area contributed by atoms with Gasteiger partial charge in [-0.15, -0.1) is 0 Å². The Morgan fingerprint density at radius 3 is 2.07 bits per heavy atom. The summed E-state index contributed by atoms with van der Waals surface area (Å²) in [6, 6.07) is 0. The van der Waals surface area contributed by atoms with Crippen molar-refractivity contribution in [2.75, 3.05) is 12.4 Å². The third kappa shape index (κ3) is 3.96. The summed E-state index contributed by atoms with van der Waals surface area (Å²) in [5.74, 6) is 0.294. The fourth-order valence-electron chi connectivity index (χ4n) is 1.05. The van der Waals surface area contributed by atoms with Crippen LogP contribution in [0.3, 0.4) is 0 Å². The smallest absolute Gasteiger partial charge is 0.155 e. The molecule has 1 atom stereocenters. The Bertz CT molecular complexity index is 245. The van der Waals surface area contributed by atoms with Crippen molar-refractivity contribution in [2.24, 2.45) is 5.92 Å². The summed E-state index contributed by atoms with van der Waals surface area (Å²) < 4.78 is 22.7. The minimum absolute atomic E-state index is 0.0795. The van der Waals surface area contributed by atoms with Gasteiger partial charge in [-0.3, -0.25) is 0 Å². The number of hydrogen-bond acceptors (Lipinski definition) is 3. The molecular formula is C10H22O3S. The van der Waals surface area contributed by atoms with Gasteiger partial charge in [-0.2, -0.15) is 0 Å². The van der Waals surface area contributed by atoms with Crippen molar-refractivity contribution in [3.63, 3.8) is 0 Å². The van der Waals surface area contributed by atoms with E-state index in [-0.39, 0.29) is 18.3 Å². The molecule has 0 aliphatic carbocycles. The van der Waals surface area contributed by atoms with Gasteiger partial charge in [-0.25, -0.2) is 8.42 Å². The fourth-order valence-corrected chi connectivity index (χ4v) is 2.31. The highest BCUT2D eigenvalue weighted by molar-refractivity contribution is 7.92. The molecule has 1 N–H and O–H groups in total. The van der Waals surface area contributed by atoms with E-state index in [0.717, 1.165) is 6.42 Å². The van der Waals surface area contributed by atoms with Crippen molar-refractivity contribution in [1.29, 1.82) is 0 Å². The molecule has 0 aromatic rings. The van der Waals surface area contributed by atoms with Crippen LogP contribution >= 0.6 is 0 Å². The molecule has 0 rings (SSSR count). The lowest BCUT2D eigenvalue weighted by Gasteiger charge is -2.20. The normalized spacial score (nSPS) is 15.5.